The van der Waals surface area contributed by atoms with Gasteiger partial charge < -0.3 is 9.47 Å². The predicted octanol–water partition coefficient (Wildman–Crippen LogP) is 2.70. The van der Waals surface area contributed by atoms with Crippen molar-refractivity contribution in [3.05, 3.63) is 30.2 Å². The average molecular weight is 340 g/mol. The van der Waals surface area contributed by atoms with Crippen molar-refractivity contribution in [1.82, 2.24) is 29.9 Å². The van der Waals surface area contributed by atoms with Gasteiger partial charge in [0.25, 0.3) is 0 Å². The fourth-order valence-electron chi connectivity index (χ4n) is 2.39. The second-order valence-corrected chi connectivity index (χ2v) is 5.78. The molecule has 0 saturated heterocycles. The summed E-state index contributed by atoms with van der Waals surface area (Å²) in [4.78, 5) is 8.33. The molecule has 0 amide bonds. The number of ether oxygens (including phenoxy) is 2. The fourth-order valence-corrected chi connectivity index (χ4v) is 2.39. The van der Waals surface area contributed by atoms with Crippen LogP contribution in [0.25, 0.3) is 22.5 Å². The third-order valence-corrected chi connectivity index (χ3v) is 3.78. The van der Waals surface area contributed by atoms with E-state index < -0.39 is 0 Å². The summed E-state index contributed by atoms with van der Waals surface area (Å²) in [6.07, 6.45) is 3.57. The summed E-state index contributed by atoms with van der Waals surface area (Å²) >= 11 is 0. The van der Waals surface area contributed by atoms with Crippen molar-refractivity contribution in [3.63, 3.8) is 0 Å². The van der Waals surface area contributed by atoms with E-state index in [0.717, 1.165) is 17.0 Å². The van der Waals surface area contributed by atoms with Gasteiger partial charge in [-0.25, -0.2) is 4.98 Å². The Morgan fingerprint density at radius 3 is 2.48 bits per heavy atom. The van der Waals surface area contributed by atoms with Crippen LogP contribution in [-0.2, 0) is 0 Å². The normalized spacial score (nSPS) is 11.0. The monoisotopic (exact) mass is 340 g/mol. The lowest BCUT2D eigenvalue weighted by Gasteiger charge is -2.09. The molecule has 0 spiro atoms. The van der Waals surface area contributed by atoms with Crippen LogP contribution in [0.15, 0.2) is 24.5 Å². The highest BCUT2D eigenvalue weighted by Gasteiger charge is 2.16. The van der Waals surface area contributed by atoms with Crippen LogP contribution in [0.1, 0.15) is 25.6 Å². The number of hydrogen-bond donors (Lipinski definition) is 0. The number of rotatable bonds is 5. The molecule has 8 heteroatoms. The molecular formula is C17H20N6O2. The summed E-state index contributed by atoms with van der Waals surface area (Å²) in [5.74, 6) is 0.378. The van der Waals surface area contributed by atoms with Gasteiger partial charge in [0.15, 0.2) is 0 Å². The minimum absolute atomic E-state index is 0.233. The molecule has 0 aromatic carbocycles. The van der Waals surface area contributed by atoms with Crippen LogP contribution in [0.3, 0.4) is 0 Å². The Hall–Kier alpha value is -3.03. The van der Waals surface area contributed by atoms with E-state index in [1.54, 1.807) is 6.20 Å². The molecule has 25 heavy (non-hydrogen) atoms. The first-order valence-electron chi connectivity index (χ1n) is 7.88. The third-order valence-electron chi connectivity index (χ3n) is 3.78. The van der Waals surface area contributed by atoms with Gasteiger partial charge in [0, 0.05) is 24.0 Å². The highest BCUT2D eigenvalue weighted by Crippen LogP contribution is 2.30. The van der Waals surface area contributed by atoms with E-state index in [1.807, 2.05) is 29.9 Å². The standard InChI is InChI=1S/C17H20N6O2/c1-10(2)23-7-6-14(22-23)12-8-15(21-20-11(12)3)13-9-18-17(25-5)19-16(13)24-4/h6-10H,1-5H3. The molecule has 0 unspecified atom stereocenters. The van der Waals surface area contributed by atoms with Crippen molar-refractivity contribution in [1.29, 1.82) is 0 Å². The molecule has 0 saturated carbocycles. The zero-order valence-corrected chi connectivity index (χ0v) is 14.9. The Kier molecular flexibility index (Phi) is 4.60. The van der Waals surface area contributed by atoms with Crippen LogP contribution in [0, 0.1) is 6.92 Å². The minimum atomic E-state index is 0.233. The van der Waals surface area contributed by atoms with Crippen molar-refractivity contribution in [2.45, 2.75) is 26.8 Å². The smallest absolute Gasteiger partial charge is 0.319 e. The number of aryl methyl sites for hydroxylation is 1. The average Bonchev–Trinajstić information content (AvgIpc) is 3.12. The van der Waals surface area contributed by atoms with E-state index in [4.69, 9.17) is 9.47 Å². The quantitative estimate of drug-likeness (QED) is 0.705. The molecule has 0 aliphatic heterocycles. The van der Waals surface area contributed by atoms with Gasteiger partial charge in [0.05, 0.1) is 31.2 Å². The summed E-state index contributed by atoms with van der Waals surface area (Å²) in [5, 5.41) is 13.1. The zero-order chi connectivity index (χ0) is 18.0. The van der Waals surface area contributed by atoms with Crippen molar-refractivity contribution in [2.75, 3.05) is 14.2 Å². The molecule has 0 aliphatic carbocycles. The van der Waals surface area contributed by atoms with E-state index in [1.165, 1.54) is 14.2 Å². The number of methoxy groups -OCH3 is 2. The topological polar surface area (TPSA) is 87.8 Å². The van der Waals surface area contributed by atoms with Gasteiger partial charge in [-0.2, -0.15) is 15.2 Å². The van der Waals surface area contributed by atoms with Crippen molar-refractivity contribution in [2.24, 2.45) is 0 Å². The lowest BCUT2D eigenvalue weighted by molar-refractivity contribution is 0.353. The maximum atomic E-state index is 5.34. The Balaban J connectivity index is 2.07. The van der Waals surface area contributed by atoms with Crippen molar-refractivity contribution >= 4 is 0 Å². The summed E-state index contributed by atoms with van der Waals surface area (Å²) in [6.45, 7) is 6.07. The molecule has 8 nitrogen and oxygen atoms in total. The second-order valence-electron chi connectivity index (χ2n) is 5.78. The Labute approximate surface area is 145 Å². The van der Waals surface area contributed by atoms with Gasteiger partial charge in [-0.05, 0) is 32.9 Å². The first-order valence-corrected chi connectivity index (χ1v) is 7.88. The van der Waals surface area contributed by atoms with Crippen LogP contribution in [0.5, 0.6) is 11.9 Å². The summed E-state index contributed by atoms with van der Waals surface area (Å²) in [6, 6.07) is 4.41. The number of nitrogens with zero attached hydrogens (tertiary/aromatic N) is 6. The highest BCUT2D eigenvalue weighted by molar-refractivity contribution is 5.71. The lowest BCUT2D eigenvalue weighted by atomic mass is 10.1. The molecule has 0 fully saturated rings. The fraction of sp³-hybridized carbons (Fsp3) is 0.353. The van der Waals surface area contributed by atoms with Crippen LogP contribution in [-0.4, -0.2) is 44.2 Å². The van der Waals surface area contributed by atoms with Crippen molar-refractivity contribution in [3.8, 4) is 34.4 Å². The van der Waals surface area contributed by atoms with E-state index in [2.05, 4.69) is 39.1 Å². The molecule has 0 radical (unpaired) electrons. The Morgan fingerprint density at radius 2 is 1.84 bits per heavy atom. The molecule has 130 valence electrons. The van der Waals surface area contributed by atoms with Crippen LogP contribution in [0.4, 0.5) is 0 Å². The van der Waals surface area contributed by atoms with Crippen molar-refractivity contribution < 1.29 is 9.47 Å². The molecule has 0 bridgehead atoms. The maximum absolute atomic E-state index is 5.34. The predicted molar refractivity (Wildman–Crippen MR) is 92.5 cm³/mol. The molecule has 0 atom stereocenters. The number of hydrogen-bond acceptors (Lipinski definition) is 7. The SMILES string of the molecule is COc1ncc(-c2cc(-c3ccn(C(C)C)n3)c(C)nn2)c(OC)n1. The Bertz CT molecular complexity index is 891. The van der Waals surface area contributed by atoms with E-state index >= 15 is 0 Å². The van der Waals surface area contributed by atoms with E-state index in [0.29, 0.717) is 23.2 Å². The van der Waals surface area contributed by atoms with Crippen LogP contribution in [0.2, 0.25) is 0 Å². The molecule has 3 rings (SSSR count). The van der Waals surface area contributed by atoms with Gasteiger partial charge in [0.2, 0.25) is 5.88 Å². The third kappa shape index (κ3) is 3.28. The highest BCUT2D eigenvalue weighted by atomic mass is 16.5. The van der Waals surface area contributed by atoms with E-state index in [-0.39, 0.29) is 6.01 Å². The van der Waals surface area contributed by atoms with Gasteiger partial charge in [-0.3, -0.25) is 4.68 Å². The van der Waals surface area contributed by atoms with Gasteiger partial charge in [0.1, 0.15) is 5.69 Å². The Morgan fingerprint density at radius 1 is 1.04 bits per heavy atom. The lowest BCUT2D eigenvalue weighted by Crippen LogP contribution is -2.02. The van der Waals surface area contributed by atoms with Gasteiger partial charge in [-0.1, -0.05) is 0 Å². The van der Waals surface area contributed by atoms with Gasteiger partial charge in [-0.15, -0.1) is 5.10 Å². The number of aromatic nitrogens is 6. The first-order chi connectivity index (χ1) is 12.0. The minimum Gasteiger partial charge on any atom is -0.480 e. The van der Waals surface area contributed by atoms with Crippen LogP contribution < -0.4 is 9.47 Å². The molecule has 0 N–H and O–H groups in total. The molecule has 3 aromatic rings. The summed E-state index contributed by atoms with van der Waals surface area (Å²) in [7, 11) is 3.04. The molecule has 0 aliphatic rings. The summed E-state index contributed by atoms with van der Waals surface area (Å²) < 4.78 is 12.3. The first kappa shape index (κ1) is 16.8. The second kappa shape index (κ2) is 6.84. The van der Waals surface area contributed by atoms with Crippen LogP contribution >= 0.6 is 0 Å². The van der Waals surface area contributed by atoms with E-state index in [9.17, 15) is 0 Å². The molecule has 3 heterocycles. The zero-order valence-electron chi connectivity index (χ0n) is 14.9. The molecule has 3 aromatic heterocycles. The molecular weight excluding hydrogens is 320 g/mol. The van der Waals surface area contributed by atoms with Gasteiger partial charge >= 0.3 is 6.01 Å². The maximum Gasteiger partial charge on any atom is 0.319 e. The largest absolute Gasteiger partial charge is 0.480 e. The summed E-state index contributed by atoms with van der Waals surface area (Å²) in [5.41, 5.74) is 3.80.